The maximum Gasteiger partial charge on any atom is 0.264 e. The number of nitrogens with zero attached hydrogens (tertiary/aromatic N) is 3. The van der Waals surface area contributed by atoms with Gasteiger partial charge in [0.1, 0.15) is 0 Å². The van der Waals surface area contributed by atoms with Gasteiger partial charge in [-0.3, -0.25) is 14.4 Å². The highest BCUT2D eigenvalue weighted by Crippen LogP contribution is 2.54. The first-order valence-corrected chi connectivity index (χ1v) is 12.9. The van der Waals surface area contributed by atoms with Crippen LogP contribution in [0, 0.1) is 5.92 Å². The summed E-state index contributed by atoms with van der Waals surface area (Å²) in [5, 5.41) is 9.56. The van der Waals surface area contributed by atoms with Crippen LogP contribution in [0.1, 0.15) is 37.3 Å². The third kappa shape index (κ3) is 4.34. The van der Waals surface area contributed by atoms with E-state index >= 15 is 0 Å². The number of fused-ring (bicyclic) bond motifs is 2. The number of hydrogen-bond donors (Lipinski definition) is 1. The summed E-state index contributed by atoms with van der Waals surface area (Å²) in [6.07, 6.45) is 2.42. The van der Waals surface area contributed by atoms with Crippen LogP contribution in [-0.2, 0) is 31.3 Å². The van der Waals surface area contributed by atoms with E-state index in [2.05, 4.69) is 6.58 Å². The summed E-state index contributed by atoms with van der Waals surface area (Å²) in [4.78, 5) is 44.3. The van der Waals surface area contributed by atoms with E-state index in [0.717, 1.165) is 22.5 Å². The van der Waals surface area contributed by atoms with Crippen LogP contribution in [0.4, 0.5) is 11.4 Å². The monoisotopic (exact) mass is 503 g/mol. The van der Waals surface area contributed by atoms with Crippen LogP contribution in [0.5, 0.6) is 0 Å². The zero-order valence-electron chi connectivity index (χ0n) is 21.1. The molecule has 3 aliphatic heterocycles. The van der Waals surface area contributed by atoms with Crippen LogP contribution in [0.3, 0.4) is 0 Å². The van der Waals surface area contributed by atoms with Crippen molar-refractivity contribution in [3.05, 3.63) is 72.3 Å². The Kier molecular flexibility index (Phi) is 6.88. The Morgan fingerprint density at radius 2 is 2.03 bits per heavy atom. The van der Waals surface area contributed by atoms with Crippen LogP contribution >= 0.6 is 0 Å². The lowest BCUT2D eigenvalue weighted by atomic mass is 9.82. The minimum atomic E-state index is -1.21. The molecule has 5 rings (SSSR count). The highest BCUT2D eigenvalue weighted by molar-refractivity contribution is 6.09. The van der Waals surface area contributed by atoms with Gasteiger partial charge in [-0.15, -0.1) is 6.58 Å². The molecule has 2 aromatic rings. The summed E-state index contributed by atoms with van der Waals surface area (Å²) in [5.74, 6) is -0.393. The van der Waals surface area contributed by atoms with Crippen LogP contribution in [0.15, 0.2) is 61.2 Å². The first-order chi connectivity index (χ1) is 17.9. The zero-order valence-corrected chi connectivity index (χ0v) is 21.1. The molecule has 3 amide bonds. The molecular formula is C29H33N3O5. The van der Waals surface area contributed by atoms with Gasteiger partial charge in [0.15, 0.2) is 5.60 Å². The van der Waals surface area contributed by atoms with E-state index in [-0.39, 0.29) is 43.2 Å². The quantitative estimate of drug-likeness (QED) is 0.420. The molecule has 37 heavy (non-hydrogen) atoms. The molecule has 1 N–H and O–H groups in total. The molecule has 0 radical (unpaired) electrons. The van der Waals surface area contributed by atoms with Crippen molar-refractivity contribution in [2.24, 2.45) is 5.92 Å². The maximum atomic E-state index is 13.9. The molecule has 8 heteroatoms. The second-order valence-electron chi connectivity index (χ2n) is 10.0. The molecular weight excluding hydrogens is 470 g/mol. The molecule has 3 atom stereocenters. The van der Waals surface area contributed by atoms with Crippen molar-refractivity contribution in [1.82, 2.24) is 4.90 Å². The summed E-state index contributed by atoms with van der Waals surface area (Å²) in [7, 11) is 0. The molecule has 0 aromatic heterocycles. The van der Waals surface area contributed by atoms with Gasteiger partial charge in [-0.2, -0.15) is 0 Å². The van der Waals surface area contributed by atoms with Crippen molar-refractivity contribution in [3.63, 3.8) is 0 Å². The largest absolute Gasteiger partial charge is 0.395 e. The third-order valence-corrected chi connectivity index (χ3v) is 7.71. The maximum absolute atomic E-state index is 13.9. The molecule has 0 aliphatic carbocycles. The number of aliphatic hydroxyl groups is 1. The zero-order chi connectivity index (χ0) is 26.2. The minimum Gasteiger partial charge on any atom is -0.395 e. The number of ether oxygens (including phenoxy) is 1. The van der Waals surface area contributed by atoms with E-state index in [9.17, 15) is 19.5 Å². The Morgan fingerprint density at radius 3 is 2.68 bits per heavy atom. The van der Waals surface area contributed by atoms with Crippen molar-refractivity contribution in [2.45, 2.75) is 44.4 Å². The first-order valence-electron chi connectivity index (χ1n) is 12.9. The van der Waals surface area contributed by atoms with E-state index < -0.39 is 11.7 Å². The van der Waals surface area contributed by atoms with Crippen molar-refractivity contribution in [2.75, 3.05) is 36.0 Å². The smallest absolute Gasteiger partial charge is 0.264 e. The average molecular weight is 504 g/mol. The Balaban J connectivity index is 1.40. The lowest BCUT2D eigenvalue weighted by Crippen LogP contribution is -2.45. The lowest BCUT2D eigenvalue weighted by Gasteiger charge is -2.32. The van der Waals surface area contributed by atoms with Crippen molar-refractivity contribution < 1.29 is 24.2 Å². The molecule has 0 bridgehead atoms. The second kappa shape index (κ2) is 10.1. The van der Waals surface area contributed by atoms with Crippen LogP contribution < -0.4 is 9.80 Å². The van der Waals surface area contributed by atoms with Gasteiger partial charge in [0.2, 0.25) is 11.8 Å². The predicted octanol–water partition coefficient (Wildman–Crippen LogP) is 2.99. The standard InChI is InChI=1S/C29H33N3O5/c1-3-12-32-25-10-9-22(31-13-11-26(31)34)17-24(25)29(28(32)36)20(2)16-23(37-29)18-27(35)30(14-15-33)19-21-7-5-4-6-8-21/h3-10,17,20,23,33H,1,11-16,18-19H2,2H3/t20-,23-,29+/m0/s1. The Hall–Kier alpha value is -3.49. The number of amides is 3. The fraction of sp³-hybridized carbons (Fsp3) is 0.414. The van der Waals surface area contributed by atoms with E-state index in [1.807, 2.05) is 55.5 Å². The topological polar surface area (TPSA) is 90.4 Å². The first kappa shape index (κ1) is 25.2. The summed E-state index contributed by atoms with van der Waals surface area (Å²) in [5.41, 5.74) is 2.03. The van der Waals surface area contributed by atoms with E-state index in [1.54, 1.807) is 20.8 Å². The second-order valence-corrected chi connectivity index (χ2v) is 10.0. The van der Waals surface area contributed by atoms with Gasteiger partial charge in [-0.1, -0.05) is 43.3 Å². The number of β-lactam (4-membered cyclic amide) rings is 1. The van der Waals surface area contributed by atoms with Gasteiger partial charge in [-0.05, 0) is 30.2 Å². The Labute approximate surface area is 217 Å². The van der Waals surface area contributed by atoms with E-state index in [4.69, 9.17) is 4.74 Å². The van der Waals surface area contributed by atoms with Gasteiger partial charge in [0, 0.05) is 49.8 Å². The number of rotatable bonds is 9. The van der Waals surface area contributed by atoms with Crippen LogP contribution in [0.25, 0.3) is 0 Å². The van der Waals surface area contributed by atoms with E-state index in [0.29, 0.717) is 32.5 Å². The molecule has 194 valence electrons. The molecule has 0 unspecified atom stereocenters. The molecule has 3 aliphatic rings. The molecule has 3 heterocycles. The number of aliphatic hydroxyl groups excluding tert-OH is 1. The van der Waals surface area contributed by atoms with Gasteiger partial charge in [0.25, 0.3) is 5.91 Å². The normalized spacial score (nSPS) is 24.4. The molecule has 2 aromatic carbocycles. The minimum absolute atomic E-state index is 0.0625. The van der Waals surface area contributed by atoms with E-state index in [1.165, 1.54) is 0 Å². The highest BCUT2D eigenvalue weighted by Gasteiger charge is 2.60. The van der Waals surface area contributed by atoms with Gasteiger partial charge in [-0.25, -0.2) is 0 Å². The number of hydrogen-bond acceptors (Lipinski definition) is 5. The number of carbonyl (C=O) groups is 3. The summed E-state index contributed by atoms with van der Waals surface area (Å²) >= 11 is 0. The molecule has 2 saturated heterocycles. The van der Waals surface area contributed by atoms with Crippen LogP contribution in [-0.4, -0.2) is 60.1 Å². The molecule has 0 saturated carbocycles. The fourth-order valence-electron chi connectivity index (χ4n) is 5.79. The van der Waals surface area contributed by atoms with Crippen molar-refractivity contribution in [1.29, 1.82) is 0 Å². The van der Waals surface area contributed by atoms with Crippen molar-refractivity contribution in [3.8, 4) is 0 Å². The lowest BCUT2D eigenvalue weighted by molar-refractivity contribution is -0.149. The number of benzene rings is 2. The number of carbonyl (C=O) groups excluding carboxylic acids is 3. The Bertz CT molecular complexity index is 1220. The van der Waals surface area contributed by atoms with Gasteiger partial charge >= 0.3 is 0 Å². The summed E-state index contributed by atoms with van der Waals surface area (Å²) < 4.78 is 6.56. The Morgan fingerprint density at radius 1 is 1.24 bits per heavy atom. The molecule has 2 fully saturated rings. The summed E-state index contributed by atoms with van der Waals surface area (Å²) in [6.45, 7) is 7.29. The average Bonchev–Trinajstić information content (AvgIpc) is 3.33. The molecule has 1 spiro atoms. The van der Waals surface area contributed by atoms with Gasteiger partial charge in [0.05, 0.1) is 24.8 Å². The molecule has 8 nitrogen and oxygen atoms in total. The highest BCUT2D eigenvalue weighted by atomic mass is 16.5. The predicted molar refractivity (Wildman–Crippen MR) is 140 cm³/mol. The van der Waals surface area contributed by atoms with Crippen LogP contribution in [0.2, 0.25) is 0 Å². The third-order valence-electron chi connectivity index (χ3n) is 7.71. The number of anilines is 2. The van der Waals surface area contributed by atoms with Gasteiger partial charge < -0.3 is 24.5 Å². The fourth-order valence-corrected chi connectivity index (χ4v) is 5.79. The SMILES string of the molecule is C=CCN1C(=O)[C@]2(O[C@H](CC(=O)N(CCO)Cc3ccccc3)C[C@@H]2C)c2cc(N3CCC3=O)ccc21. The van der Waals surface area contributed by atoms with Crippen molar-refractivity contribution >= 4 is 29.1 Å². The summed E-state index contributed by atoms with van der Waals surface area (Å²) in [6, 6.07) is 15.3.